The smallest absolute Gasteiger partial charge is 0.428 e. The van der Waals surface area contributed by atoms with Gasteiger partial charge in [0.15, 0.2) is 17.5 Å². The fourth-order valence-electron chi connectivity index (χ4n) is 1.44. The van der Waals surface area contributed by atoms with Crippen LogP contribution in [0.5, 0.6) is 0 Å². The molecule has 0 saturated carbocycles. The van der Waals surface area contributed by atoms with E-state index in [9.17, 15) is 18.0 Å². The van der Waals surface area contributed by atoms with E-state index in [2.05, 4.69) is 5.10 Å². The summed E-state index contributed by atoms with van der Waals surface area (Å²) in [5, 5.41) is 3.61. The molecule has 0 aromatic heterocycles. The van der Waals surface area contributed by atoms with Gasteiger partial charge >= 0.3 is 6.09 Å². The van der Waals surface area contributed by atoms with Crippen LogP contribution in [0.2, 0.25) is 0 Å². The fourth-order valence-corrected chi connectivity index (χ4v) is 1.44. The Kier molecular flexibility index (Phi) is 2.74. The molecule has 1 atom stereocenters. The molecule has 1 unspecified atom stereocenters. The first-order valence-corrected chi connectivity index (χ1v) is 4.68. The summed E-state index contributed by atoms with van der Waals surface area (Å²) in [6.07, 6.45) is -1.53. The van der Waals surface area contributed by atoms with Crippen LogP contribution in [0.3, 0.4) is 0 Å². The van der Waals surface area contributed by atoms with Crippen molar-refractivity contribution in [2.45, 2.75) is 13.0 Å². The topological polar surface area (TPSA) is 50.7 Å². The minimum Gasteiger partial charge on any atom is -0.439 e. The molecule has 4 nitrogen and oxygen atoms in total. The summed E-state index contributed by atoms with van der Waals surface area (Å²) in [5.74, 6) is -4.21. The molecule has 0 saturated heterocycles. The van der Waals surface area contributed by atoms with Crippen molar-refractivity contribution in [3.8, 4) is 0 Å². The quantitative estimate of drug-likeness (QED) is 0.767. The number of cyclic esters (lactones) is 1. The number of halogens is 3. The molecule has 1 heterocycles. The molecule has 90 valence electrons. The standard InChI is InChI=1S/C10H7F3N2O2/c1-4-9(14-15-10(16)17-4)5-2-6(11)8(13)7(12)3-5/h2-4H,1H3,(H,15,16). The van der Waals surface area contributed by atoms with Crippen LogP contribution in [-0.4, -0.2) is 17.9 Å². The van der Waals surface area contributed by atoms with Crippen molar-refractivity contribution in [1.29, 1.82) is 0 Å². The molecule has 0 radical (unpaired) electrons. The number of hydrazone groups is 1. The second-order valence-corrected chi connectivity index (χ2v) is 3.41. The highest BCUT2D eigenvalue weighted by atomic mass is 19.2. The van der Waals surface area contributed by atoms with E-state index >= 15 is 0 Å². The first-order chi connectivity index (χ1) is 7.99. The lowest BCUT2D eigenvalue weighted by molar-refractivity contribution is 0.127. The zero-order chi connectivity index (χ0) is 12.6. The third kappa shape index (κ3) is 2.08. The summed E-state index contributed by atoms with van der Waals surface area (Å²) in [5.41, 5.74) is 2.12. The van der Waals surface area contributed by atoms with E-state index < -0.39 is 29.6 Å². The Hall–Kier alpha value is -2.05. The van der Waals surface area contributed by atoms with Gasteiger partial charge in [-0.2, -0.15) is 5.10 Å². The highest BCUT2D eigenvalue weighted by molar-refractivity contribution is 6.05. The van der Waals surface area contributed by atoms with Gasteiger partial charge < -0.3 is 4.74 Å². The number of carbonyl (C=O) groups is 1. The average molecular weight is 244 g/mol. The average Bonchev–Trinajstić information content (AvgIpc) is 2.25. The maximum atomic E-state index is 13.0. The maximum absolute atomic E-state index is 13.0. The number of amides is 1. The molecule has 7 heteroatoms. The zero-order valence-corrected chi connectivity index (χ0v) is 8.63. The van der Waals surface area contributed by atoms with Crippen molar-refractivity contribution in [1.82, 2.24) is 5.43 Å². The van der Waals surface area contributed by atoms with Crippen LogP contribution >= 0.6 is 0 Å². The summed E-state index contributed by atoms with van der Waals surface area (Å²) in [6, 6.07) is 1.57. The van der Waals surface area contributed by atoms with Gasteiger partial charge in [-0.1, -0.05) is 0 Å². The van der Waals surface area contributed by atoms with Gasteiger partial charge in [-0.3, -0.25) is 0 Å². The van der Waals surface area contributed by atoms with Crippen LogP contribution in [0, 0.1) is 17.5 Å². The van der Waals surface area contributed by atoms with Crippen LogP contribution in [0.4, 0.5) is 18.0 Å². The maximum Gasteiger partial charge on any atom is 0.428 e. The van der Waals surface area contributed by atoms with E-state index in [1.54, 1.807) is 0 Å². The van der Waals surface area contributed by atoms with Gasteiger partial charge in [0.25, 0.3) is 0 Å². The van der Waals surface area contributed by atoms with Crippen LogP contribution in [-0.2, 0) is 4.74 Å². The Morgan fingerprint density at radius 3 is 2.41 bits per heavy atom. The molecule has 1 amide bonds. The summed E-state index contributed by atoms with van der Waals surface area (Å²) in [6.45, 7) is 1.48. The van der Waals surface area contributed by atoms with Gasteiger partial charge in [-0.05, 0) is 19.1 Å². The highest BCUT2D eigenvalue weighted by Gasteiger charge is 2.24. The lowest BCUT2D eigenvalue weighted by Crippen LogP contribution is -2.37. The summed E-state index contributed by atoms with van der Waals surface area (Å²) >= 11 is 0. The Labute approximate surface area is 94.1 Å². The molecule has 0 spiro atoms. The van der Waals surface area contributed by atoms with Crippen molar-refractivity contribution < 1.29 is 22.7 Å². The first-order valence-electron chi connectivity index (χ1n) is 4.68. The van der Waals surface area contributed by atoms with Crippen LogP contribution in [0.25, 0.3) is 0 Å². The third-order valence-corrected chi connectivity index (χ3v) is 2.22. The Bertz CT molecular complexity index is 493. The predicted molar refractivity (Wildman–Crippen MR) is 51.9 cm³/mol. The second kappa shape index (κ2) is 4.08. The molecular formula is C10H7F3N2O2. The fraction of sp³-hybridized carbons (Fsp3) is 0.200. The van der Waals surface area contributed by atoms with Crippen molar-refractivity contribution in [2.75, 3.05) is 0 Å². The van der Waals surface area contributed by atoms with Gasteiger partial charge in [-0.25, -0.2) is 23.4 Å². The van der Waals surface area contributed by atoms with E-state index in [1.807, 2.05) is 5.43 Å². The first kappa shape index (κ1) is 11.4. The van der Waals surface area contributed by atoms with Crippen molar-refractivity contribution in [3.05, 3.63) is 35.1 Å². The number of carbonyl (C=O) groups excluding carboxylic acids is 1. The third-order valence-electron chi connectivity index (χ3n) is 2.22. The number of hydrogen-bond donors (Lipinski definition) is 1. The molecule has 1 aromatic rings. The molecule has 0 fully saturated rings. The summed E-state index contributed by atoms with van der Waals surface area (Å²) in [4.78, 5) is 10.8. The second-order valence-electron chi connectivity index (χ2n) is 3.41. The normalized spacial score (nSPS) is 19.4. The zero-order valence-electron chi connectivity index (χ0n) is 8.63. The minimum atomic E-state index is -1.55. The van der Waals surface area contributed by atoms with E-state index in [-0.39, 0.29) is 11.3 Å². The van der Waals surface area contributed by atoms with E-state index in [1.165, 1.54) is 6.92 Å². The van der Waals surface area contributed by atoms with Crippen LogP contribution in [0.1, 0.15) is 12.5 Å². The number of hydrogen-bond acceptors (Lipinski definition) is 3. The van der Waals surface area contributed by atoms with Gasteiger partial charge in [0.2, 0.25) is 0 Å². The lowest BCUT2D eigenvalue weighted by atomic mass is 10.1. The SMILES string of the molecule is CC1OC(=O)NN=C1c1cc(F)c(F)c(F)c1. The number of ether oxygens (including phenoxy) is 1. The molecule has 1 aromatic carbocycles. The lowest BCUT2D eigenvalue weighted by Gasteiger charge is -2.20. The van der Waals surface area contributed by atoms with Crippen molar-refractivity contribution in [2.24, 2.45) is 5.10 Å². The Morgan fingerprint density at radius 1 is 1.29 bits per heavy atom. The molecule has 0 bridgehead atoms. The minimum absolute atomic E-state index is 0.00824. The monoisotopic (exact) mass is 244 g/mol. The van der Waals surface area contributed by atoms with Crippen LogP contribution < -0.4 is 5.43 Å². The molecule has 2 rings (SSSR count). The number of nitrogens with one attached hydrogen (secondary N) is 1. The molecule has 0 aliphatic carbocycles. The highest BCUT2D eigenvalue weighted by Crippen LogP contribution is 2.17. The number of rotatable bonds is 1. The molecule has 1 N–H and O–H groups in total. The largest absolute Gasteiger partial charge is 0.439 e. The van der Waals surface area contributed by atoms with Gasteiger partial charge in [0.1, 0.15) is 11.8 Å². The van der Waals surface area contributed by atoms with Gasteiger partial charge in [0.05, 0.1) is 0 Å². The molecular weight excluding hydrogens is 237 g/mol. The molecule has 1 aliphatic rings. The van der Waals surface area contributed by atoms with E-state index in [0.29, 0.717) is 0 Å². The Morgan fingerprint density at radius 2 is 1.88 bits per heavy atom. The molecule has 17 heavy (non-hydrogen) atoms. The van der Waals surface area contributed by atoms with Gasteiger partial charge in [-0.15, -0.1) is 0 Å². The summed E-state index contributed by atoms with van der Waals surface area (Å²) in [7, 11) is 0. The predicted octanol–water partition coefficient (Wildman–Crippen LogP) is 1.94. The van der Waals surface area contributed by atoms with E-state index in [0.717, 1.165) is 12.1 Å². The number of nitrogens with zero attached hydrogens (tertiary/aromatic N) is 1. The Balaban J connectivity index is 2.44. The van der Waals surface area contributed by atoms with Gasteiger partial charge in [0, 0.05) is 5.56 Å². The summed E-state index contributed by atoms with van der Waals surface area (Å²) < 4.78 is 43.5. The molecule has 1 aliphatic heterocycles. The van der Waals surface area contributed by atoms with E-state index in [4.69, 9.17) is 4.74 Å². The number of benzene rings is 1. The van der Waals surface area contributed by atoms with Crippen molar-refractivity contribution in [3.63, 3.8) is 0 Å². The van der Waals surface area contributed by atoms with Crippen LogP contribution in [0.15, 0.2) is 17.2 Å². The van der Waals surface area contributed by atoms with Crippen molar-refractivity contribution >= 4 is 11.8 Å².